The minimum Gasteiger partial charge on any atom is -0.507 e. The molecule has 0 aliphatic heterocycles. The van der Waals surface area contributed by atoms with Crippen LogP contribution in [-0.4, -0.2) is 42.0 Å². The lowest BCUT2D eigenvalue weighted by Crippen LogP contribution is -2.39. The highest BCUT2D eigenvalue weighted by atomic mass is 32.2. The fourth-order valence-electron chi connectivity index (χ4n) is 4.82. The van der Waals surface area contributed by atoms with Gasteiger partial charge in [0.25, 0.3) is 20.0 Å². The molecule has 0 aliphatic carbocycles. The van der Waals surface area contributed by atoms with Crippen LogP contribution in [0.4, 0.5) is 5.69 Å². The first-order valence-electron chi connectivity index (χ1n) is 14.5. The highest BCUT2D eigenvalue weighted by molar-refractivity contribution is 7.94. The average Bonchev–Trinajstić information content (AvgIpc) is 3.00. The molecule has 4 aromatic rings. The van der Waals surface area contributed by atoms with E-state index in [1.165, 1.54) is 62.8 Å². The van der Waals surface area contributed by atoms with Crippen molar-refractivity contribution in [2.24, 2.45) is 4.40 Å². The largest absolute Gasteiger partial charge is 0.507 e. The van der Waals surface area contributed by atoms with Gasteiger partial charge in [0.05, 0.1) is 29.7 Å². The number of amidine groups is 1. The van der Waals surface area contributed by atoms with Crippen molar-refractivity contribution in [3.05, 3.63) is 108 Å². The normalized spacial score (nSPS) is 12.9. The van der Waals surface area contributed by atoms with E-state index < -0.39 is 30.9 Å². The number of hydrogen-bond donors (Lipinski definition) is 1. The molecule has 1 N–H and O–H groups in total. The van der Waals surface area contributed by atoms with E-state index in [1.807, 2.05) is 41.5 Å². The molecule has 0 radical (unpaired) electrons. The Balaban J connectivity index is 2.16. The SMILES string of the molecule is COc1ccc(S(=O)(=O)N=C(c2ccccc2)N(c2cc(C(C)(C)C)c(O)c(C(C)(C)C)c2)S(=O)(=O)c2ccc(OC)cc2)cc1. The van der Waals surface area contributed by atoms with Crippen LogP contribution in [0.1, 0.15) is 58.2 Å². The Morgan fingerprint density at radius 2 is 1.11 bits per heavy atom. The molecular weight excluding hydrogens is 625 g/mol. The van der Waals surface area contributed by atoms with Crippen LogP contribution in [0.2, 0.25) is 0 Å². The third kappa shape index (κ3) is 7.21. The molecule has 0 aromatic heterocycles. The first-order chi connectivity index (χ1) is 21.4. The van der Waals surface area contributed by atoms with Gasteiger partial charge in [-0.1, -0.05) is 71.9 Å². The summed E-state index contributed by atoms with van der Waals surface area (Å²) in [5.41, 5.74) is 0.0740. The van der Waals surface area contributed by atoms with Gasteiger partial charge in [0.15, 0.2) is 5.84 Å². The van der Waals surface area contributed by atoms with E-state index in [4.69, 9.17) is 9.47 Å². The van der Waals surface area contributed by atoms with Gasteiger partial charge < -0.3 is 14.6 Å². The molecule has 9 nitrogen and oxygen atoms in total. The number of aromatic hydroxyl groups is 1. The number of phenolic OH excluding ortho intramolecular Hbond substituents is 1. The van der Waals surface area contributed by atoms with Crippen LogP contribution in [0.3, 0.4) is 0 Å². The van der Waals surface area contributed by atoms with E-state index >= 15 is 0 Å². The maximum atomic E-state index is 14.8. The molecule has 0 saturated heterocycles. The summed E-state index contributed by atoms with van der Waals surface area (Å²) >= 11 is 0. The summed E-state index contributed by atoms with van der Waals surface area (Å²) in [7, 11) is -6.08. The van der Waals surface area contributed by atoms with E-state index in [1.54, 1.807) is 42.5 Å². The Labute approximate surface area is 272 Å². The highest BCUT2D eigenvalue weighted by Gasteiger charge is 2.36. The second-order valence-corrected chi connectivity index (χ2v) is 16.2. The maximum Gasteiger partial charge on any atom is 0.284 e. The van der Waals surface area contributed by atoms with E-state index in [-0.39, 0.29) is 32.6 Å². The Kier molecular flexibility index (Phi) is 9.61. The predicted octanol–water partition coefficient (Wildman–Crippen LogP) is 7.04. The molecule has 0 heterocycles. The van der Waals surface area contributed by atoms with Gasteiger partial charge >= 0.3 is 0 Å². The zero-order chi connectivity index (χ0) is 34.1. The van der Waals surface area contributed by atoms with Crippen LogP contribution in [0.25, 0.3) is 0 Å². The minimum absolute atomic E-state index is 0.0367. The van der Waals surface area contributed by atoms with Crippen molar-refractivity contribution in [2.45, 2.75) is 62.2 Å². The lowest BCUT2D eigenvalue weighted by molar-refractivity contribution is 0.414. The van der Waals surface area contributed by atoms with Crippen molar-refractivity contribution in [1.29, 1.82) is 0 Å². The molecule has 244 valence electrons. The van der Waals surface area contributed by atoms with Gasteiger partial charge in [0.2, 0.25) is 0 Å². The minimum atomic E-state index is -4.55. The Bertz CT molecular complexity index is 1910. The van der Waals surface area contributed by atoms with Crippen molar-refractivity contribution in [3.8, 4) is 17.2 Å². The molecule has 0 aliphatic rings. The molecule has 0 atom stereocenters. The zero-order valence-corrected chi connectivity index (χ0v) is 28.9. The lowest BCUT2D eigenvalue weighted by Gasteiger charge is -2.32. The second kappa shape index (κ2) is 12.8. The second-order valence-electron chi connectivity index (χ2n) is 12.8. The molecule has 0 bridgehead atoms. The van der Waals surface area contributed by atoms with Gasteiger partial charge in [-0.2, -0.15) is 8.42 Å². The standard InChI is InChI=1S/C35H40N2O7S2/c1-34(2,3)30-22-25(23-31(32(30)38)35(4,5)6)37(46(41,42)29-20-16-27(44-8)17-21-29)33(24-12-10-9-11-13-24)36-45(39,40)28-18-14-26(43-7)15-19-28/h9-23,38H,1-8H3. The number of methoxy groups -OCH3 is 2. The number of phenols is 1. The molecule has 4 aromatic carbocycles. The number of sulfonamides is 2. The summed E-state index contributed by atoms with van der Waals surface area (Å²) in [5.74, 6) is 0.579. The number of ether oxygens (including phenoxy) is 2. The van der Waals surface area contributed by atoms with Crippen molar-refractivity contribution in [1.82, 2.24) is 0 Å². The molecule has 0 fully saturated rings. The quantitative estimate of drug-likeness (QED) is 0.158. The fourth-order valence-corrected chi connectivity index (χ4v) is 7.32. The van der Waals surface area contributed by atoms with Crippen LogP contribution in [0, 0.1) is 0 Å². The number of hydrogen-bond acceptors (Lipinski definition) is 7. The molecule has 46 heavy (non-hydrogen) atoms. The van der Waals surface area contributed by atoms with Crippen molar-refractivity contribution < 1.29 is 31.4 Å². The van der Waals surface area contributed by atoms with E-state index in [0.717, 1.165) is 4.31 Å². The first-order valence-corrected chi connectivity index (χ1v) is 17.4. The molecule has 0 unspecified atom stereocenters. The summed E-state index contributed by atoms with van der Waals surface area (Å²) in [6, 6.07) is 22.9. The summed E-state index contributed by atoms with van der Waals surface area (Å²) < 4.78 is 73.0. The van der Waals surface area contributed by atoms with Crippen molar-refractivity contribution in [3.63, 3.8) is 0 Å². The van der Waals surface area contributed by atoms with Gasteiger partial charge in [-0.15, -0.1) is 4.40 Å². The van der Waals surface area contributed by atoms with E-state index in [0.29, 0.717) is 22.6 Å². The third-order valence-corrected chi connectivity index (χ3v) is 10.3. The predicted molar refractivity (Wildman–Crippen MR) is 181 cm³/mol. The molecule has 0 amide bonds. The molecule has 11 heteroatoms. The van der Waals surface area contributed by atoms with E-state index in [9.17, 15) is 21.9 Å². The number of nitrogens with zero attached hydrogens (tertiary/aromatic N) is 2. The third-order valence-electron chi connectivity index (χ3n) is 7.33. The first kappa shape index (κ1) is 34.5. The van der Waals surface area contributed by atoms with Gasteiger partial charge in [0, 0.05) is 16.7 Å². The Morgan fingerprint density at radius 3 is 1.52 bits per heavy atom. The topological polar surface area (TPSA) is 123 Å². The van der Waals surface area contributed by atoms with Gasteiger partial charge in [0.1, 0.15) is 17.2 Å². The summed E-state index contributed by atoms with van der Waals surface area (Å²) in [4.78, 5) is -0.276. The van der Waals surface area contributed by atoms with E-state index in [2.05, 4.69) is 4.40 Å². The van der Waals surface area contributed by atoms with Gasteiger partial charge in [-0.05, 0) is 71.5 Å². The number of benzene rings is 4. The average molecular weight is 665 g/mol. The lowest BCUT2D eigenvalue weighted by atomic mass is 9.79. The molecule has 4 rings (SSSR count). The smallest absolute Gasteiger partial charge is 0.284 e. The zero-order valence-electron chi connectivity index (χ0n) is 27.3. The van der Waals surface area contributed by atoms with Crippen LogP contribution in [-0.2, 0) is 30.9 Å². The van der Waals surface area contributed by atoms with Crippen LogP contribution in [0.15, 0.2) is 105 Å². The summed E-state index contributed by atoms with van der Waals surface area (Å²) in [6.45, 7) is 11.4. The summed E-state index contributed by atoms with van der Waals surface area (Å²) in [6.07, 6.45) is 0. The van der Waals surface area contributed by atoms with Crippen molar-refractivity contribution >= 4 is 31.6 Å². The fraction of sp³-hybridized carbons (Fsp3) is 0.286. The van der Waals surface area contributed by atoms with Crippen LogP contribution in [0.5, 0.6) is 17.2 Å². The van der Waals surface area contributed by atoms with Gasteiger partial charge in [-0.25, -0.2) is 12.7 Å². The van der Waals surface area contributed by atoms with Crippen molar-refractivity contribution in [2.75, 3.05) is 18.5 Å². The van der Waals surface area contributed by atoms with Gasteiger partial charge in [-0.3, -0.25) is 0 Å². The number of rotatable bonds is 8. The Hall–Kier alpha value is -4.35. The highest BCUT2D eigenvalue weighted by Crippen LogP contribution is 2.43. The van der Waals surface area contributed by atoms with Crippen LogP contribution < -0.4 is 13.8 Å². The summed E-state index contributed by atoms with van der Waals surface area (Å²) in [5, 5.41) is 11.5. The number of anilines is 1. The maximum absolute atomic E-state index is 14.8. The molecular formula is C35H40N2O7S2. The van der Waals surface area contributed by atoms with Crippen LogP contribution >= 0.6 is 0 Å². The molecule has 0 spiro atoms. The monoisotopic (exact) mass is 664 g/mol. The molecule has 0 saturated carbocycles. The Morgan fingerprint density at radius 1 is 0.674 bits per heavy atom.